The molecule has 0 aromatic heterocycles. The van der Waals surface area contributed by atoms with Crippen molar-refractivity contribution in [3.63, 3.8) is 0 Å². The largest absolute Gasteiger partial charge is 0.413 e. The highest BCUT2D eigenvalue weighted by Crippen LogP contribution is 2.13. The molecule has 0 bridgehead atoms. The zero-order valence-electron chi connectivity index (χ0n) is 8.55. The lowest BCUT2D eigenvalue weighted by molar-refractivity contribution is -0.190. The fourth-order valence-electron chi connectivity index (χ4n) is 1.17. The van der Waals surface area contributed by atoms with Crippen molar-refractivity contribution < 1.29 is 27.5 Å². The van der Waals surface area contributed by atoms with Gasteiger partial charge in [-0.2, -0.15) is 18.7 Å². The van der Waals surface area contributed by atoms with Crippen molar-refractivity contribution in [2.75, 3.05) is 39.5 Å². The number of carbonyl (C=O) groups is 1. The summed E-state index contributed by atoms with van der Waals surface area (Å²) in [6.07, 6.45) is -4.39. The lowest BCUT2D eigenvalue weighted by atomic mass is 10.4. The summed E-state index contributed by atoms with van der Waals surface area (Å²) in [5.74, 6) is -0.300. The third kappa shape index (κ3) is 5.29. The van der Waals surface area contributed by atoms with Gasteiger partial charge in [0.15, 0.2) is 6.61 Å². The normalized spacial score (nSPS) is 17.6. The molecule has 1 amide bonds. The Morgan fingerprint density at radius 3 is 2.56 bits per heavy atom. The monoisotopic (exact) mass is 242 g/mol. The van der Waals surface area contributed by atoms with Crippen LogP contribution < -0.4 is 5.48 Å². The maximum atomic E-state index is 11.7. The molecule has 0 spiro atoms. The van der Waals surface area contributed by atoms with Crippen molar-refractivity contribution in [2.24, 2.45) is 0 Å². The first kappa shape index (κ1) is 13.2. The third-order valence-corrected chi connectivity index (χ3v) is 1.93. The van der Waals surface area contributed by atoms with Crippen molar-refractivity contribution >= 4 is 5.91 Å². The van der Waals surface area contributed by atoms with Crippen LogP contribution in [0, 0.1) is 0 Å². The van der Waals surface area contributed by atoms with Crippen LogP contribution in [0.1, 0.15) is 0 Å². The summed E-state index contributed by atoms with van der Waals surface area (Å²) in [6.45, 7) is 0.142. The molecule has 0 aromatic rings. The van der Waals surface area contributed by atoms with Crippen LogP contribution in [0.3, 0.4) is 0 Å². The van der Waals surface area contributed by atoms with Crippen LogP contribution in [0.5, 0.6) is 0 Å². The molecular weight excluding hydrogens is 229 g/mol. The molecule has 0 saturated carbocycles. The van der Waals surface area contributed by atoms with Crippen molar-refractivity contribution in [3.8, 4) is 0 Å². The van der Waals surface area contributed by atoms with Gasteiger partial charge in [-0.1, -0.05) is 0 Å². The van der Waals surface area contributed by atoms with Gasteiger partial charge in [-0.3, -0.25) is 9.63 Å². The van der Waals surface area contributed by atoms with Gasteiger partial charge in [-0.25, -0.2) is 0 Å². The molecule has 5 nitrogen and oxygen atoms in total. The highest BCUT2D eigenvalue weighted by molar-refractivity contribution is 5.78. The Hall–Kier alpha value is -0.860. The molecule has 0 atom stereocenters. The Balaban J connectivity index is 2.10. The molecule has 8 heteroatoms. The van der Waals surface area contributed by atoms with Gasteiger partial charge in [0.2, 0.25) is 5.91 Å². The summed E-state index contributed by atoms with van der Waals surface area (Å²) >= 11 is 0. The van der Waals surface area contributed by atoms with E-state index in [1.807, 2.05) is 5.48 Å². The minimum Gasteiger partial charge on any atom is -0.378 e. The van der Waals surface area contributed by atoms with Crippen LogP contribution in [-0.4, -0.2) is 56.4 Å². The third-order valence-electron chi connectivity index (χ3n) is 1.93. The molecule has 1 aliphatic heterocycles. The summed E-state index contributed by atoms with van der Waals surface area (Å²) < 4.78 is 40.0. The minimum atomic E-state index is -4.39. The second-order valence-electron chi connectivity index (χ2n) is 3.22. The lowest BCUT2D eigenvalue weighted by Gasteiger charge is -2.26. The Morgan fingerprint density at radius 1 is 1.38 bits per heavy atom. The summed E-state index contributed by atoms with van der Waals surface area (Å²) in [5, 5.41) is 0. The number of ether oxygens (including phenoxy) is 1. The number of nitrogens with one attached hydrogen (secondary N) is 1. The molecule has 1 rings (SSSR count). The molecule has 1 heterocycles. The van der Waals surface area contributed by atoms with Gasteiger partial charge >= 0.3 is 6.18 Å². The highest BCUT2D eigenvalue weighted by atomic mass is 19.4. The molecule has 0 radical (unpaired) electrons. The zero-order chi connectivity index (χ0) is 12.0. The van der Waals surface area contributed by atoms with E-state index in [1.165, 1.54) is 4.90 Å². The van der Waals surface area contributed by atoms with E-state index in [0.29, 0.717) is 26.3 Å². The van der Waals surface area contributed by atoms with E-state index >= 15 is 0 Å². The summed E-state index contributed by atoms with van der Waals surface area (Å²) in [5.41, 5.74) is 1.99. The maximum absolute atomic E-state index is 11.7. The molecule has 0 unspecified atom stereocenters. The second-order valence-corrected chi connectivity index (χ2v) is 3.22. The van der Waals surface area contributed by atoms with E-state index in [1.54, 1.807) is 0 Å². The zero-order valence-corrected chi connectivity index (χ0v) is 8.55. The van der Waals surface area contributed by atoms with E-state index in [0.717, 1.165) is 0 Å². The summed E-state index contributed by atoms with van der Waals surface area (Å²) in [4.78, 5) is 17.0. The average molecular weight is 242 g/mol. The maximum Gasteiger partial charge on any atom is 0.413 e. The Kier molecular flexibility index (Phi) is 4.97. The predicted molar refractivity (Wildman–Crippen MR) is 47.4 cm³/mol. The molecule has 1 fully saturated rings. The standard InChI is InChI=1S/C8H13F3N2O3/c9-8(10,11)6-16-12-5-7(14)13-1-3-15-4-2-13/h12H,1-6H2. The van der Waals surface area contributed by atoms with Gasteiger partial charge in [0, 0.05) is 13.1 Å². The number of nitrogens with zero attached hydrogens (tertiary/aromatic N) is 1. The average Bonchev–Trinajstić information content (AvgIpc) is 2.24. The Bertz CT molecular complexity index is 229. The number of carbonyl (C=O) groups excluding carboxylic acids is 1. The minimum absolute atomic E-state index is 0.268. The highest BCUT2D eigenvalue weighted by Gasteiger charge is 2.28. The molecule has 0 aliphatic carbocycles. The molecule has 16 heavy (non-hydrogen) atoms. The van der Waals surface area contributed by atoms with Crippen molar-refractivity contribution in [1.29, 1.82) is 0 Å². The van der Waals surface area contributed by atoms with E-state index < -0.39 is 12.8 Å². The van der Waals surface area contributed by atoms with Crippen LogP contribution in [0.2, 0.25) is 0 Å². The van der Waals surface area contributed by atoms with E-state index in [9.17, 15) is 18.0 Å². The number of rotatable bonds is 4. The Labute approximate surface area is 90.4 Å². The first-order chi connectivity index (χ1) is 7.49. The number of amides is 1. The number of halogens is 3. The van der Waals surface area contributed by atoms with Crippen LogP contribution in [-0.2, 0) is 14.4 Å². The molecule has 1 N–H and O–H groups in total. The smallest absolute Gasteiger partial charge is 0.378 e. The topological polar surface area (TPSA) is 50.8 Å². The van der Waals surface area contributed by atoms with Crippen LogP contribution in [0.25, 0.3) is 0 Å². The van der Waals surface area contributed by atoms with Crippen LogP contribution in [0.4, 0.5) is 13.2 Å². The number of hydroxylamine groups is 1. The first-order valence-corrected chi connectivity index (χ1v) is 4.76. The summed E-state index contributed by atoms with van der Waals surface area (Å²) in [6, 6.07) is 0. The van der Waals surface area contributed by atoms with Gasteiger partial charge in [0.25, 0.3) is 0 Å². The predicted octanol–water partition coefficient (Wildman–Crippen LogP) is -0.0713. The second kappa shape index (κ2) is 6.02. The van der Waals surface area contributed by atoms with Gasteiger partial charge in [0.05, 0.1) is 13.2 Å². The number of morpholine rings is 1. The van der Waals surface area contributed by atoms with Crippen molar-refractivity contribution in [3.05, 3.63) is 0 Å². The number of hydrogen-bond donors (Lipinski definition) is 1. The number of hydrogen-bond acceptors (Lipinski definition) is 4. The molecular formula is C8H13F3N2O3. The van der Waals surface area contributed by atoms with E-state index in [-0.39, 0.29) is 12.5 Å². The quantitative estimate of drug-likeness (QED) is 0.554. The fourth-order valence-corrected chi connectivity index (χ4v) is 1.17. The van der Waals surface area contributed by atoms with Crippen LogP contribution in [0.15, 0.2) is 0 Å². The first-order valence-electron chi connectivity index (χ1n) is 4.76. The Morgan fingerprint density at radius 2 is 2.00 bits per heavy atom. The lowest BCUT2D eigenvalue weighted by Crippen LogP contribution is -2.45. The van der Waals surface area contributed by atoms with Crippen LogP contribution >= 0.6 is 0 Å². The summed E-state index contributed by atoms with van der Waals surface area (Å²) in [7, 11) is 0. The van der Waals surface area contributed by atoms with Gasteiger partial charge in [-0.05, 0) is 0 Å². The van der Waals surface area contributed by atoms with E-state index in [4.69, 9.17) is 4.74 Å². The molecule has 94 valence electrons. The molecule has 1 aliphatic rings. The fraction of sp³-hybridized carbons (Fsp3) is 0.875. The van der Waals surface area contributed by atoms with Crippen molar-refractivity contribution in [2.45, 2.75) is 6.18 Å². The van der Waals surface area contributed by atoms with Gasteiger partial charge in [-0.15, -0.1) is 0 Å². The van der Waals surface area contributed by atoms with Gasteiger partial charge < -0.3 is 9.64 Å². The SMILES string of the molecule is O=C(CNOCC(F)(F)F)N1CCOCC1. The number of alkyl halides is 3. The van der Waals surface area contributed by atoms with Crippen molar-refractivity contribution in [1.82, 2.24) is 10.4 Å². The van der Waals surface area contributed by atoms with Gasteiger partial charge in [0.1, 0.15) is 6.54 Å². The van der Waals surface area contributed by atoms with E-state index in [2.05, 4.69) is 4.84 Å². The molecule has 1 saturated heterocycles. The molecule has 0 aromatic carbocycles.